The molecule has 262 valence electrons. The van der Waals surface area contributed by atoms with Gasteiger partial charge in [0.25, 0.3) is 0 Å². The highest BCUT2D eigenvalue weighted by molar-refractivity contribution is 7.15. The van der Waals surface area contributed by atoms with Crippen molar-refractivity contribution in [2.75, 3.05) is 7.11 Å². The number of benzene rings is 1. The standard InChI is InChI=1S/C40H59N3O3SSi/c1-26-22-28(17-19-33(26)45-8)31-18-16-30(24-34(31)46-48(9,10)40(5,6)7)36(43-37(44)27-14-12-11-13-15-27)32-23-29(20-21-41-32)35-25-42-38(47-35)39(2,3)4/h17,19-23,25,27,30-31,34,36H,11-16,18,24H2,1-10H3,(H,43,44). The van der Waals surface area contributed by atoms with Crippen LogP contribution in [-0.4, -0.2) is 37.4 Å². The molecule has 0 aliphatic heterocycles. The molecule has 1 N–H and O–H groups in total. The van der Waals surface area contributed by atoms with Crippen molar-refractivity contribution in [1.29, 1.82) is 0 Å². The summed E-state index contributed by atoms with van der Waals surface area (Å²) in [6, 6.07) is 10.7. The lowest BCUT2D eigenvalue weighted by Gasteiger charge is -2.46. The third-order valence-corrected chi connectivity index (χ3v) is 17.2. The molecule has 0 saturated heterocycles. The summed E-state index contributed by atoms with van der Waals surface area (Å²) in [5.41, 5.74) is 4.52. The van der Waals surface area contributed by atoms with Crippen LogP contribution in [0.5, 0.6) is 5.75 Å². The molecule has 4 atom stereocenters. The van der Waals surface area contributed by atoms with E-state index in [0.29, 0.717) is 0 Å². The Hall–Kier alpha value is -2.55. The van der Waals surface area contributed by atoms with Crippen LogP contribution in [0, 0.1) is 18.8 Å². The second-order valence-corrected chi connectivity index (χ2v) is 22.7. The highest BCUT2D eigenvalue weighted by Crippen LogP contribution is 2.47. The Balaban J connectivity index is 1.50. The fraction of sp³-hybridized carbons (Fsp3) is 0.625. The van der Waals surface area contributed by atoms with Crippen LogP contribution in [0.3, 0.4) is 0 Å². The van der Waals surface area contributed by atoms with E-state index in [1.807, 2.05) is 12.4 Å². The number of nitrogens with one attached hydrogen (secondary N) is 1. The van der Waals surface area contributed by atoms with Gasteiger partial charge < -0.3 is 14.5 Å². The molecule has 2 aromatic heterocycles. The van der Waals surface area contributed by atoms with Crippen LogP contribution in [0.4, 0.5) is 0 Å². The molecule has 2 heterocycles. The normalized spacial score (nSPS) is 21.9. The first-order chi connectivity index (χ1) is 22.6. The minimum Gasteiger partial charge on any atom is -0.496 e. The van der Waals surface area contributed by atoms with Crippen molar-refractivity contribution in [3.8, 4) is 16.2 Å². The number of carbonyl (C=O) groups is 1. The Kier molecular flexibility index (Phi) is 11.3. The van der Waals surface area contributed by atoms with E-state index in [1.165, 1.54) is 12.0 Å². The number of rotatable bonds is 9. The molecule has 1 amide bonds. The Morgan fingerprint density at radius 3 is 2.33 bits per heavy atom. The second kappa shape index (κ2) is 14.7. The molecule has 5 rings (SSSR count). The first-order valence-electron chi connectivity index (χ1n) is 18.1. The van der Waals surface area contributed by atoms with Crippen LogP contribution in [0.25, 0.3) is 10.4 Å². The predicted molar refractivity (Wildman–Crippen MR) is 201 cm³/mol. The maximum absolute atomic E-state index is 13.9. The highest BCUT2D eigenvalue weighted by Gasteiger charge is 2.44. The summed E-state index contributed by atoms with van der Waals surface area (Å²) in [5.74, 6) is 1.67. The highest BCUT2D eigenvalue weighted by atomic mass is 32.1. The molecular formula is C40H59N3O3SSi. The van der Waals surface area contributed by atoms with Crippen molar-refractivity contribution in [1.82, 2.24) is 15.3 Å². The largest absolute Gasteiger partial charge is 0.496 e. The smallest absolute Gasteiger partial charge is 0.223 e. The van der Waals surface area contributed by atoms with E-state index in [2.05, 4.69) is 97.2 Å². The average Bonchev–Trinajstić information content (AvgIpc) is 3.55. The van der Waals surface area contributed by atoms with Crippen LogP contribution in [0.2, 0.25) is 18.1 Å². The Labute approximate surface area is 295 Å². The van der Waals surface area contributed by atoms with Crippen LogP contribution in [0.15, 0.2) is 42.7 Å². The maximum Gasteiger partial charge on any atom is 0.223 e. The van der Waals surface area contributed by atoms with Gasteiger partial charge in [-0.3, -0.25) is 9.78 Å². The quantitative estimate of drug-likeness (QED) is 0.226. The summed E-state index contributed by atoms with van der Waals surface area (Å²) in [6.45, 7) is 20.4. The predicted octanol–water partition coefficient (Wildman–Crippen LogP) is 10.5. The lowest BCUT2D eigenvalue weighted by molar-refractivity contribution is -0.127. The number of carbonyl (C=O) groups excluding carboxylic acids is 1. The zero-order valence-electron chi connectivity index (χ0n) is 31.1. The number of nitrogens with zero attached hydrogens (tertiary/aromatic N) is 2. The van der Waals surface area contributed by atoms with E-state index in [1.54, 1.807) is 18.4 Å². The number of pyridine rings is 1. The molecule has 0 radical (unpaired) electrons. The first kappa shape index (κ1) is 36.7. The fourth-order valence-electron chi connectivity index (χ4n) is 7.26. The summed E-state index contributed by atoms with van der Waals surface area (Å²) in [7, 11) is -0.364. The molecule has 6 nitrogen and oxygen atoms in total. The molecule has 0 spiro atoms. The Morgan fingerprint density at radius 2 is 1.71 bits per heavy atom. The molecule has 1 aromatic carbocycles. The van der Waals surface area contributed by atoms with Crippen molar-refractivity contribution in [2.24, 2.45) is 11.8 Å². The summed E-state index contributed by atoms with van der Waals surface area (Å²) < 4.78 is 12.9. The van der Waals surface area contributed by atoms with Gasteiger partial charge in [-0.2, -0.15) is 0 Å². The summed E-state index contributed by atoms with van der Waals surface area (Å²) in [6.07, 6.45) is 12.2. The molecule has 8 heteroatoms. The number of hydrogen-bond acceptors (Lipinski definition) is 6. The third kappa shape index (κ3) is 8.42. The van der Waals surface area contributed by atoms with Crippen molar-refractivity contribution >= 4 is 25.6 Å². The van der Waals surface area contributed by atoms with E-state index in [-0.39, 0.29) is 46.3 Å². The average molecular weight is 690 g/mol. The fourth-order valence-corrected chi connectivity index (χ4v) is 9.60. The second-order valence-electron chi connectivity index (χ2n) is 16.9. The number of hydrogen-bond donors (Lipinski definition) is 1. The Bertz CT molecular complexity index is 1550. The van der Waals surface area contributed by atoms with Gasteiger partial charge in [-0.05, 0) is 98.0 Å². The SMILES string of the molecule is COc1ccc(C2CCC(C(NC(=O)C3CCCCC3)c3cc(-c4cnc(C(C)(C)C)s4)ccn3)CC2O[Si](C)(C)C(C)(C)C)cc1C. The zero-order chi connectivity index (χ0) is 34.9. The monoisotopic (exact) mass is 689 g/mol. The number of aromatic nitrogens is 2. The summed E-state index contributed by atoms with van der Waals surface area (Å²) >= 11 is 1.75. The zero-order valence-corrected chi connectivity index (χ0v) is 32.9. The van der Waals surface area contributed by atoms with Crippen molar-refractivity contribution in [2.45, 2.75) is 141 Å². The van der Waals surface area contributed by atoms with Crippen LogP contribution in [-0.2, 0) is 14.6 Å². The number of amides is 1. The molecule has 2 aliphatic rings. The molecule has 2 aliphatic carbocycles. The number of aryl methyl sites for hydroxylation is 1. The van der Waals surface area contributed by atoms with Crippen molar-refractivity contribution < 1.29 is 14.0 Å². The van der Waals surface area contributed by atoms with Gasteiger partial charge in [0.1, 0.15) is 5.75 Å². The lowest BCUT2D eigenvalue weighted by atomic mass is 9.73. The van der Waals surface area contributed by atoms with Crippen LogP contribution in [0.1, 0.15) is 127 Å². The van der Waals surface area contributed by atoms with Crippen molar-refractivity contribution in [3.05, 3.63) is 64.6 Å². The lowest BCUT2D eigenvalue weighted by Crippen LogP contribution is -2.48. The number of ether oxygens (including phenoxy) is 1. The molecule has 48 heavy (non-hydrogen) atoms. The first-order valence-corrected chi connectivity index (χ1v) is 21.8. The van der Waals surface area contributed by atoms with Crippen LogP contribution < -0.4 is 10.1 Å². The minimum absolute atomic E-state index is 0.00446. The van der Waals surface area contributed by atoms with Gasteiger partial charge in [-0.1, -0.05) is 72.9 Å². The van der Waals surface area contributed by atoms with Crippen LogP contribution >= 0.6 is 11.3 Å². The molecule has 2 saturated carbocycles. The topological polar surface area (TPSA) is 73.3 Å². The Morgan fingerprint density at radius 1 is 0.979 bits per heavy atom. The van der Waals surface area contributed by atoms with Gasteiger partial charge in [0.15, 0.2) is 8.32 Å². The molecule has 2 fully saturated rings. The van der Waals surface area contributed by atoms with Gasteiger partial charge in [-0.25, -0.2) is 4.98 Å². The number of thiazole rings is 1. The minimum atomic E-state index is -2.10. The third-order valence-electron chi connectivity index (χ3n) is 11.2. The van der Waals surface area contributed by atoms with Gasteiger partial charge in [-0.15, -0.1) is 11.3 Å². The van der Waals surface area contributed by atoms with E-state index in [4.69, 9.17) is 19.1 Å². The molecule has 3 aromatic rings. The maximum atomic E-state index is 13.9. The van der Waals surface area contributed by atoms with E-state index in [0.717, 1.165) is 77.4 Å². The number of methoxy groups -OCH3 is 1. The summed E-state index contributed by atoms with van der Waals surface area (Å²) in [4.78, 5) is 24.8. The molecule has 0 bridgehead atoms. The van der Waals surface area contributed by atoms with Gasteiger partial charge in [0.2, 0.25) is 5.91 Å². The van der Waals surface area contributed by atoms with Gasteiger partial charge in [0, 0.05) is 29.6 Å². The van der Waals surface area contributed by atoms with Crippen molar-refractivity contribution in [3.63, 3.8) is 0 Å². The van der Waals surface area contributed by atoms with Gasteiger partial charge in [0.05, 0.1) is 34.8 Å². The van der Waals surface area contributed by atoms with E-state index in [9.17, 15) is 4.79 Å². The van der Waals surface area contributed by atoms with E-state index < -0.39 is 8.32 Å². The van der Waals surface area contributed by atoms with Gasteiger partial charge >= 0.3 is 0 Å². The van der Waals surface area contributed by atoms with E-state index >= 15 is 0 Å². The molecule has 4 unspecified atom stereocenters. The molecular weight excluding hydrogens is 631 g/mol. The summed E-state index contributed by atoms with van der Waals surface area (Å²) in [5, 5.41) is 4.81.